The van der Waals surface area contributed by atoms with E-state index in [2.05, 4.69) is 0 Å². The molecule has 3 rings (SSSR count). The van der Waals surface area contributed by atoms with E-state index in [0.29, 0.717) is 34.4 Å². The van der Waals surface area contributed by atoms with Gasteiger partial charge < -0.3 is 14.2 Å². The number of esters is 1. The number of carbonyl (C=O) groups is 1. The predicted molar refractivity (Wildman–Crippen MR) is 113 cm³/mol. The lowest BCUT2D eigenvalue weighted by Crippen LogP contribution is -2.40. The fraction of sp³-hybridized carbons (Fsp3) is 0.350. The Balaban J connectivity index is 1.73. The Labute approximate surface area is 185 Å². The van der Waals surface area contributed by atoms with Crippen molar-refractivity contribution in [2.75, 3.05) is 33.4 Å². The maximum atomic E-state index is 13.0. The van der Waals surface area contributed by atoms with Crippen molar-refractivity contribution in [3.8, 4) is 5.75 Å². The molecule has 30 heavy (non-hydrogen) atoms. The van der Waals surface area contributed by atoms with Crippen molar-refractivity contribution in [1.82, 2.24) is 4.31 Å². The second-order valence-electron chi connectivity index (χ2n) is 6.57. The summed E-state index contributed by atoms with van der Waals surface area (Å²) < 4.78 is 43.1. The molecule has 1 heterocycles. The highest BCUT2D eigenvalue weighted by Gasteiger charge is 2.29. The maximum Gasteiger partial charge on any atom is 0.310 e. The highest BCUT2D eigenvalue weighted by molar-refractivity contribution is 7.89. The van der Waals surface area contributed by atoms with Gasteiger partial charge in [-0.1, -0.05) is 35.3 Å². The summed E-state index contributed by atoms with van der Waals surface area (Å²) in [5.41, 5.74) is 1.12. The van der Waals surface area contributed by atoms with Crippen molar-refractivity contribution in [3.05, 3.63) is 57.6 Å². The van der Waals surface area contributed by atoms with Gasteiger partial charge in [-0.2, -0.15) is 4.31 Å². The first-order valence-corrected chi connectivity index (χ1v) is 11.3. The molecule has 1 aliphatic heterocycles. The van der Waals surface area contributed by atoms with Crippen LogP contribution in [0.15, 0.2) is 41.3 Å². The largest absolute Gasteiger partial charge is 0.495 e. The molecular weight excluding hydrogens is 453 g/mol. The van der Waals surface area contributed by atoms with E-state index in [1.807, 2.05) is 0 Å². The van der Waals surface area contributed by atoms with Crippen molar-refractivity contribution in [3.63, 3.8) is 0 Å². The molecule has 7 nitrogen and oxygen atoms in total. The van der Waals surface area contributed by atoms with Crippen molar-refractivity contribution in [2.45, 2.75) is 17.9 Å². The van der Waals surface area contributed by atoms with E-state index >= 15 is 0 Å². The SMILES string of the molecule is COc1ccc(CC(=O)OCc2ccc(Cl)cc2Cl)cc1S(=O)(=O)N1CCOCC1. The molecule has 0 aliphatic carbocycles. The first kappa shape index (κ1) is 22.8. The highest BCUT2D eigenvalue weighted by Crippen LogP contribution is 2.29. The van der Waals surface area contributed by atoms with Crippen LogP contribution in [0, 0.1) is 0 Å². The van der Waals surface area contributed by atoms with Gasteiger partial charge in [0, 0.05) is 28.7 Å². The Morgan fingerprint density at radius 2 is 1.87 bits per heavy atom. The second kappa shape index (κ2) is 9.98. The van der Waals surface area contributed by atoms with Gasteiger partial charge in [0.15, 0.2) is 0 Å². The molecule has 0 saturated carbocycles. The van der Waals surface area contributed by atoms with Crippen LogP contribution >= 0.6 is 23.2 Å². The molecule has 2 aromatic rings. The van der Waals surface area contributed by atoms with E-state index in [-0.39, 0.29) is 36.8 Å². The van der Waals surface area contributed by atoms with Crippen LogP contribution in [0.2, 0.25) is 10.0 Å². The van der Waals surface area contributed by atoms with Crippen LogP contribution in [-0.4, -0.2) is 52.1 Å². The molecular formula is C20H21Cl2NO6S. The summed E-state index contributed by atoms with van der Waals surface area (Å²) in [5.74, 6) is -0.299. The smallest absolute Gasteiger partial charge is 0.310 e. The van der Waals surface area contributed by atoms with E-state index in [4.69, 9.17) is 37.4 Å². The van der Waals surface area contributed by atoms with E-state index in [0.717, 1.165) is 0 Å². The molecule has 10 heteroatoms. The van der Waals surface area contributed by atoms with Crippen LogP contribution in [0.4, 0.5) is 0 Å². The van der Waals surface area contributed by atoms with E-state index < -0.39 is 16.0 Å². The number of benzene rings is 2. The number of hydrogen-bond acceptors (Lipinski definition) is 6. The van der Waals surface area contributed by atoms with Crippen LogP contribution in [0.1, 0.15) is 11.1 Å². The number of halogens is 2. The fourth-order valence-corrected chi connectivity index (χ4v) is 5.05. The number of ether oxygens (including phenoxy) is 3. The van der Waals surface area contributed by atoms with Crippen LogP contribution in [-0.2, 0) is 37.3 Å². The summed E-state index contributed by atoms with van der Waals surface area (Å²) in [4.78, 5) is 12.3. The minimum atomic E-state index is -3.78. The molecule has 0 aromatic heterocycles. The van der Waals surface area contributed by atoms with Gasteiger partial charge in [-0.3, -0.25) is 4.79 Å². The van der Waals surface area contributed by atoms with Crippen LogP contribution < -0.4 is 4.74 Å². The Morgan fingerprint density at radius 3 is 2.53 bits per heavy atom. The lowest BCUT2D eigenvalue weighted by Gasteiger charge is -2.26. The molecule has 0 atom stereocenters. The van der Waals surface area contributed by atoms with E-state index in [1.54, 1.807) is 24.3 Å². The van der Waals surface area contributed by atoms with Gasteiger partial charge in [-0.05, 0) is 29.8 Å². The number of hydrogen-bond donors (Lipinski definition) is 0. The molecule has 1 aliphatic rings. The molecule has 0 unspecified atom stereocenters. The third-order valence-electron chi connectivity index (χ3n) is 4.57. The monoisotopic (exact) mass is 473 g/mol. The van der Waals surface area contributed by atoms with Gasteiger partial charge in [0.25, 0.3) is 0 Å². The number of nitrogens with zero attached hydrogens (tertiary/aromatic N) is 1. The van der Waals surface area contributed by atoms with Crippen LogP contribution in [0.25, 0.3) is 0 Å². The summed E-state index contributed by atoms with van der Waals surface area (Å²) in [7, 11) is -2.38. The number of rotatable bonds is 7. The van der Waals surface area contributed by atoms with Gasteiger partial charge in [-0.15, -0.1) is 0 Å². The Hall–Kier alpha value is -1.84. The summed E-state index contributed by atoms with van der Waals surface area (Å²) in [6.07, 6.45) is -0.0964. The standard InChI is InChI=1S/C20H21Cl2NO6S/c1-27-18-5-2-14(10-19(18)30(25,26)23-6-8-28-9-7-23)11-20(24)29-13-15-3-4-16(21)12-17(15)22/h2-5,10,12H,6-9,11,13H2,1H3. The number of morpholine rings is 1. The third kappa shape index (κ3) is 5.44. The molecule has 1 saturated heterocycles. The summed E-state index contributed by atoms with van der Waals surface area (Å²) in [6.45, 7) is 1.19. The number of methoxy groups -OCH3 is 1. The van der Waals surface area contributed by atoms with Crippen molar-refractivity contribution in [2.24, 2.45) is 0 Å². The minimum absolute atomic E-state index is 0.01000. The minimum Gasteiger partial charge on any atom is -0.495 e. The van der Waals surface area contributed by atoms with Crippen molar-refractivity contribution >= 4 is 39.2 Å². The first-order chi connectivity index (χ1) is 14.3. The van der Waals surface area contributed by atoms with Crippen LogP contribution in [0.3, 0.4) is 0 Å². The van der Waals surface area contributed by atoms with Crippen molar-refractivity contribution in [1.29, 1.82) is 0 Å². The summed E-state index contributed by atoms with van der Waals surface area (Å²) in [6, 6.07) is 9.51. The molecule has 0 radical (unpaired) electrons. The average molecular weight is 474 g/mol. The quantitative estimate of drug-likeness (QED) is 0.573. The number of sulfonamides is 1. The average Bonchev–Trinajstić information content (AvgIpc) is 2.73. The normalized spacial score (nSPS) is 15.0. The topological polar surface area (TPSA) is 82.1 Å². The van der Waals surface area contributed by atoms with E-state index in [1.165, 1.54) is 23.5 Å². The summed E-state index contributed by atoms with van der Waals surface area (Å²) >= 11 is 11.9. The maximum absolute atomic E-state index is 13.0. The summed E-state index contributed by atoms with van der Waals surface area (Å²) in [5, 5.41) is 0.890. The van der Waals surface area contributed by atoms with Gasteiger partial charge >= 0.3 is 5.97 Å². The number of carbonyl (C=O) groups excluding carboxylic acids is 1. The van der Waals surface area contributed by atoms with Gasteiger partial charge in [0.1, 0.15) is 17.3 Å². The van der Waals surface area contributed by atoms with Crippen molar-refractivity contribution < 1.29 is 27.4 Å². The van der Waals surface area contributed by atoms with Crippen LogP contribution in [0.5, 0.6) is 5.75 Å². The Bertz CT molecular complexity index is 1020. The molecule has 1 fully saturated rings. The zero-order valence-electron chi connectivity index (χ0n) is 16.3. The lowest BCUT2D eigenvalue weighted by molar-refractivity contribution is -0.144. The molecule has 0 N–H and O–H groups in total. The first-order valence-electron chi connectivity index (χ1n) is 9.15. The fourth-order valence-electron chi connectivity index (χ4n) is 2.97. The molecule has 0 spiro atoms. The highest BCUT2D eigenvalue weighted by atomic mass is 35.5. The third-order valence-corrected chi connectivity index (χ3v) is 7.07. The van der Waals surface area contributed by atoms with E-state index in [9.17, 15) is 13.2 Å². The van der Waals surface area contributed by atoms with Gasteiger partial charge in [0.2, 0.25) is 10.0 Å². The molecule has 0 amide bonds. The second-order valence-corrected chi connectivity index (χ2v) is 9.32. The zero-order chi connectivity index (χ0) is 21.7. The van der Waals surface area contributed by atoms with Gasteiger partial charge in [-0.25, -0.2) is 8.42 Å². The molecule has 0 bridgehead atoms. The molecule has 162 valence electrons. The Morgan fingerprint density at radius 1 is 1.13 bits per heavy atom. The van der Waals surface area contributed by atoms with Gasteiger partial charge in [0.05, 0.1) is 26.7 Å². The molecule has 2 aromatic carbocycles. The Kier molecular flexibility index (Phi) is 7.60. The lowest BCUT2D eigenvalue weighted by atomic mass is 10.1. The zero-order valence-corrected chi connectivity index (χ0v) is 18.6. The predicted octanol–water partition coefficient (Wildman–Crippen LogP) is 3.31.